The SMILES string of the molecule is NCCOCCOCCNc1cccc2c1C(=O)CC(C1CCC(=O)CC1=O)C2=O. The molecule has 3 N–H and O–H groups in total. The number of ether oxygens (including phenoxy) is 2. The van der Waals surface area contributed by atoms with Crippen LogP contribution < -0.4 is 11.1 Å². The van der Waals surface area contributed by atoms with Gasteiger partial charge in [0.25, 0.3) is 0 Å². The van der Waals surface area contributed by atoms with Crippen LogP contribution in [0.5, 0.6) is 0 Å². The Bertz CT molecular complexity index is 822. The van der Waals surface area contributed by atoms with Crippen molar-refractivity contribution in [3.8, 4) is 0 Å². The number of ketones is 4. The highest BCUT2D eigenvalue weighted by Gasteiger charge is 2.42. The van der Waals surface area contributed by atoms with Gasteiger partial charge in [0.05, 0.1) is 38.4 Å². The summed E-state index contributed by atoms with van der Waals surface area (Å²) in [6.45, 7) is 2.79. The third-order valence-corrected chi connectivity index (χ3v) is 5.55. The van der Waals surface area contributed by atoms with E-state index in [1.54, 1.807) is 18.2 Å². The second kappa shape index (κ2) is 10.6. The number of benzene rings is 1. The molecule has 0 radical (unpaired) electrons. The van der Waals surface area contributed by atoms with Crippen LogP contribution in [-0.2, 0) is 19.1 Å². The average molecular weight is 416 g/mol. The Labute approximate surface area is 175 Å². The van der Waals surface area contributed by atoms with Crippen molar-refractivity contribution in [2.75, 3.05) is 44.8 Å². The van der Waals surface area contributed by atoms with E-state index >= 15 is 0 Å². The van der Waals surface area contributed by atoms with Crippen LogP contribution >= 0.6 is 0 Å². The van der Waals surface area contributed by atoms with Crippen molar-refractivity contribution in [2.24, 2.45) is 17.6 Å². The van der Waals surface area contributed by atoms with Gasteiger partial charge in [0.1, 0.15) is 11.6 Å². The van der Waals surface area contributed by atoms with Crippen LogP contribution in [-0.4, -0.2) is 62.7 Å². The number of fused-ring (bicyclic) bond motifs is 1. The van der Waals surface area contributed by atoms with Gasteiger partial charge in [0, 0.05) is 49.0 Å². The molecule has 2 atom stereocenters. The molecule has 0 amide bonds. The molecule has 162 valence electrons. The zero-order valence-corrected chi connectivity index (χ0v) is 17.0. The van der Waals surface area contributed by atoms with Gasteiger partial charge in [0.2, 0.25) is 0 Å². The molecule has 1 aromatic carbocycles. The van der Waals surface area contributed by atoms with Gasteiger partial charge in [-0.15, -0.1) is 0 Å². The Morgan fingerprint density at radius 2 is 1.77 bits per heavy atom. The number of nitrogens with two attached hydrogens (primary N) is 1. The minimum Gasteiger partial charge on any atom is -0.382 e. The van der Waals surface area contributed by atoms with Gasteiger partial charge in [-0.3, -0.25) is 19.2 Å². The fourth-order valence-electron chi connectivity index (χ4n) is 4.10. The minimum absolute atomic E-state index is 0.00407. The predicted molar refractivity (Wildman–Crippen MR) is 110 cm³/mol. The third-order valence-electron chi connectivity index (χ3n) is 5.55. The van der Waals surface area contributed by atoms with Crippen LogP contribution in [0.4, 0.5) is 5.69 Å². The molecule has 0 heterocycles. The van der Waals surface area contributed by atoms with E-state index in [9.17, 15) is 19.2 Å². The molecule has 0 saturated heterocycles. The highest BCUT2D eigenvalue weighted by atomic mass is 16.5. The molecule has 0 bridgehead atoms. The van der Waals surface area contributed by atoms with E-state index in [0.29, 0.717) is 69.2 Å². The number of rotatable bonds is 10. The second-order valence-corrected chi connectivity index (χ2v) is 7.59. The smallest absolute Gasteiger partial charge is 0.167 e. The molecule has 1 fully saturated rings. The molecule has 2 unspecified atom stereocenters. The number of Topliss-reactive ketones (excluding diaryl/α,β-unsaturated/α-hetero) is 4. The summed E-state index contributed by atoms with van der Waals surface area (Å²) in [5.74, 6) is -1.86. The lowest BCUT2D eigenvalue weighted by Gasteiger charge is -2.31. The summed E-state index contributed by atoms with van der Waals surface area (Å²) in [5, 5.41) is 3.16. The Morgan fingerprint density at radius 3 is 2.50 bits per heavy atom. The molecule has 3 rings (SSSR count). The lowest BCUT2D eigenvalue weighted by atomic mass is 9.69. The van der Waals surface area contributed by atoms with Crippen molar-refractivity contribution in [3.05, 3.63) is 29.3 Å². The molecule has 1 saturated carbocycles. The summed E-state index contributed by atoms with van der Waals surface area (Å²) < 4.78 is 10.7. The molecule has 0 spiro atoms. The number of anilines is 1. The van der Waals surface area contributed by atoms with Gasteiger partial charge in [0.15, 0.2) is 11.6 Å². The molecule has 0 aliphatic heterocycles. The second-order valence-electron chi connectivity index (χ2n) is 7.59. The van der Waals surface area contributed by atoms with E-state index in [-0.39, 0.29) is 36.0 Å². The van der Waals surface area contributed by atoms with Gasteiger partial charge in [-0.2, -0.15) is 0 Å². The molecular weight excluding hydrogens is 388 g/mol. The van der Waals surface area contributed by atoms with Gasteiger partial charge in [-0.25, -0.2) is 0 Å². The first-order valence-electron chi connectivity index (χ1n) is 10.4. The van der Waals surface area contributed by atoms with Crippen molar-refractivity contribution in [1.82, 2.24) is 0 Å². The summed E-state index contributed by atoms with van der Waals surface area (Å²) >= 11 is 0. The summed E-state index contributed by atoms with van der Waals surface area (Å²) in [4.78, 5) is 49.8. The van der Waals surface area contributed by atoms with Crippen molar-refractivity contribution in [2.45, 2.75) is 25.7 Å². The predicted octanol–water partition coefficient (Wildman–Crippen LogP) is 1.41. The number of carbonyl (C=O) groups excluding carboxylic acids is 4. The average Bonchev–Trinajstić information content (AvgIpc) is 2.73. The highest BCUT2D eigenvalue weighted by molar-refractivity contribution is 6.19. The van der Waals surface area contributed by atoms with E-state index in [0.717, 1.165) is 0 Å². The maximum absolute atomic E-state index is 13.1. The zero-order valence-electron chi connectivity index (χ0n) is 17.0. The summed E-state index contributed by atoms with van der Waals surface area (Å²) in [6.07, 6.45) is 0.513. The Morgan fingerprint density at radius 1 is 1.00 bits per heavy atom. The summed E-state index contributed by atoms with van der Waals surface area (Å²) in [5.41, 5.74) is 6.66. The molecule has 8 nitrogen and oxygen atoms in total. The van der Waals surface area contributed by atoms with Crippen LogP contribution in [0.25, 0.3) is 0 Å². The molecule has 30 heavy (non-hydrogen) atoms. The molecular formula is C22H28N2O6. The van der Waals surface area contributed by atoms with Crippen LogP contribution in [0.3, 0.4) is 0 Å². The van der Waals surface area contributed by atoms with E-state index < -0.39 is 11.8 Å². The number of hydrogen-bond donors (Lipinski definition) is 2. The van der Waals surface area contributed by atoms with Gasteiger partial charge in [-0.05, 0) is 12.5 Å². The van der Waals surface area contributed by atoms with Crippen LogP contribution in [0.2, 0.25) is 0 Å². The van der Waals surface area contributed by atoms with E-state index in [1.807, 2.05) is 0 Å². The first-order valence-corrected chi connectivity index (χ1v) is 10.4. The number of nitrogens with one attached hydrogen (secondary N) is 1. The molecule has 0 aromatic heterocycles. The maximum Gasteiger partial charge on any atom is 0.167 e. The fraction of sp³-hybridized carbons (Fsp3) is 0.545. The highest BCUT2D eigenvalue weighted by Crippen LogP contribution is 2.37. The van der Waals surface area contributed by atoms with Crippen LogP contribution in [0, 0.1) is 11.8 Å². The normalized spacial score (nSPS) is 21.6. The molecule has 2 aliphatic rings. The number of hydrogen-bond acceptors (Lipinski definition) is 8. The molecule has 8 heteroatoms. The monoisotopic (exact) mass is 416 g/mol. The first-order chi connectivity index (χ1) is 14.5. The van der Waals surface area contributed by atoms with Crippen molar-refractivity contribution in [3.63, 3.8) is 0 Å². The quantitative estimate of drug-likeness (QED) is 0.433. The standard InChI is InChI=1S/C22H28N2O6/c23-6-8-29-10-11-30-9-7-24-18-3-1-2-16-21(18)20(27)13-17(22(16)28)15-5-4-14(25)12-19(15)26/h1-3,15,17,24H,4-13,23H2. The van der Waals surface area contributed by atoms with Crippen LogP contribution in [0.15, 0.2) is 18.2 Å². The van der Waals surface area contributed by atoms with Crippen LogP contribution in [0.1, 0.15) is 46.4 Å². The third kappa shape index (κ3) is 5.19. The van der Waals surface area contributed by atoms with Crippen molar-refractivity contribution < 1.29 is 28.7 Å². The maximum atomic E-state index is 13.1. The summed E-state index contributed by atoms with van der Waals surface area (Å²) in [6, 6.07) is 5.12. The molecule has 2 aliphatic carbocycles. The van der Waals surface area contributed by atoms with Gasteiger partial charge >= 0.3 is 0 Å². The zero-order chi connectivity index (χ0) is 21.5. The Hall–Kier alpha value is -2.42. The topological polar surface area (TPSA) is 125 Å². The van der Waals surface area contributed by atoms with E-state index in [4.69, 9.17) is 15.2 Å². The molecule has 1 aromatic rings. The minimum atomic E-state index is -0.669. The Balaban J connectivity index is 1.61. The van der Waals surface area contributed by atoms with Crippen molar-refractivity contribution >= 4 is 28.8 Å². The van der Waals surface area contributed by atoms with Gasteiger partial charge in [-0.1, -0.05) is 12.1 Å². The lowest BCUT2D eigenvalue weighted by molar-refractivity contribution is -0.133. The number of carbonyl (C=O) groups is 4. The van der Waals surface area contributed by atoms with E-state index in [2.05, 4.69) is 5.32 Å². The first kappa shape index (κ1) is 22.3. The Kier molecular flexibility index (Phi) is 7.84. The van der Waals surface area contributed by atoms with Crippen molar-refractivity contribution in [1.29, 1.82) is 0 Å². The fourth-order valence-corrected chi connectivity index (χ4v) is 4.10. The largest absolute Gasteiger partial charge is 0.382 e. The lowest BCUT2D eigenvalue weighted by Crippen LogP contribution is -2.39. The summed E-state index contributed by atoms with van der Waals surface area (Å²) in [7, 11) is 0. The van der Waals surface area contributed by atoms with E-state index in [1.165, 1.54) is 0 Å². The van der Waals surface area contributed by atoms with Gasteiger partial charge < -0.3 is 20.5 Å².